The maximum Gasteiger partial charge on any atom is 0.573 e. The third-order valence-corrected chi connectivity index (χ3v) is 4.58. The zero-order valence-electron chi connectivity index (χ0n) is 15.3. The van der Waals surface area contributed by atoms with Gasteiger partial charge in [-0.3, -0.25) is 14.2 Å². The molecule has 9 heteroatoms. The van der Waals surface area contributed by atoms with Crippen molar-refractivity contribution in [1.82, 2.24) is 4.57 Å². The number of rotatable bonds is 4. The number of carboxylic acids is 1. The Bertz CT molecular complexity index is 1100. The van der Waals surface area contributed by atoms with Crippen LogP contribution < -0.4 is 4.74 Å². The van der Waals surface area contributed by atoms with Gasteiger partial charge in [0.1, 0.15) is 11.5 Å². The van der Waals surface area contributed by atoms with Crippen LogP contribution in [0, 0.1) is 6.92 Å². The van der Waals surface area contributed by atoms with Crippen LogP contribution in [0.25, 0.3) is 10.9 Å². The van der Waals surface area contributed by atoms with E-state index in [4.69, 9.17) is 0 Å². The number of phenolic OH excluding ortho intramolecular Hbond substituents is 1. The summed E-state index contributed by atoms with van der Waals surface area (Å²) in [6.45, 7) is 3.04. The Kier molecular flexibility index (Phi) is 5.00. The molecule has 1 aromatic heterocycles. The summed E-state index contributed by atoms with van der Waals surface area (Å²) in [7, 11) is 0. The normalized spacial score (nSPS) is 12.7. The molecule has 6 nitrogen and oxygen atoms in total. The Morgan fingerprint density at radius 2 is 1.72 bits per heavy atom. The molecule has 0 bridgehead atoms. The van der Waals surface area contributed by atoms with E-state index in [1.807, 2.05) is 0 Å². The SMILES string of the molecule is Cc1c([C@H](C)C(=O)O)c2cc(O)ccc2n1C(=O)c1ccc(OC(F)(F)F)cc1. The van der Waals surface area contributed by atoms with Gasteiger partial charge in [0, 0.05) is 16.6 Å². The van der Waals surface area contributed by atoms with Crippen molar-refractivity contribution in [3.63, 3.8) is 0 Å². The van der Waals surface area contributed by atoms with Crippen molar-refractivity contribution in [3.05, 3.63) is 59.3 Å². The molecule has 0 amide bonds. The number of carbonyl (C=O) groups excluding carboxylic acids is 1. The molecule has 0 fully saturated rings. The van der Waals surface area contributed by atoms with Crippen molar-refractivity contribution in [2.45, 2.75) is 26.1 Å². The highest BCUT2D eigenvalue weighted by molar-refractivity contribution is 6.05. The number of aromatic hydroxyl groups is 1. The van der Waals surface area contributed by atoms with Crippen LogP contribution in [0.3, 0.4) is 0 Å². The highest BCUT2D eigenvalue weighted by atomic mass is 19.4. The molecule has 0 radical (unpaired) electrons. The molecule has 29 heavy (non-hydrogen) atoms. The van der Waals surface area contributed by atoms with Gasteiger partial charge in [-0.15, -0.1) is 13.2 Å². The van der Waals surface area contributed by atoms with E-state index in [0.29, 0.717) is 22.2 Å². The van der Waals surface area contributed by atoms with Gasteiger partial charge in [0.15, 0.2) is 0 Å². The average molecular weight is 407 g/mol. The van der Waals surface area contributed by atoms with E-state index in [-0.39, 0.29) is 11.3 Å². The van der Waals surface area contributed by atoms with Crippen LogP contribution >= 0.6 is 0 Å². The lowest BCUT2D eigenvalue weighted by Crippen LogP contribution is -2.17. The van der Waals surface area contributed by atoms with E-state index >= 15 is 0 Å². The van der Waals surface area contributed by atoms with Crippen molar-refractivity contribution in [1.29, 1.82) is 0 Å². The molecular weight excluding hydrogens is 391 g/mol. The molecule has 2 N–H and O–H groups in total. The third-order valence-electron chi connectivity index (χ3n) is 4.58. The van der Waals surface area contributed by atoms with Gasteiger partial charge in [-0.05, 0) is 61.9 Å². The van der Waals surface area contributed by atoms with Gasteiger partial charge in [-0.2, -0.15) is 0 Å². The highest BCUT2D eigenvalue weighted by Gasteiger charge is 2.31. The fourth-order valence-electron chi connectivity index (χ4n) is 3.29. The Balaban J connectivity index is 2.11. The molecule has 0 aliphatic carbocycles. The second kappa shape index (κ2) is 7.16. The summed E-state index contributed by atoms with van der Waals surface area (Å²) in [4.78, 5) is 24.6. The summed E-state index contributed by atoms with van der Waals surface area (Å²) in [6, 6.07) is 8.64. The Hall–Kier alpha value is -3.49. The standard InChI is InChI=1S/C20H16F3NO5/c1-10(19(27)28)17-11(2)24(16-8-5-13(25)9-15(16)17)18(26)12-3-6-14(7-4-12)29-20(21,22)23/h3-10,25H,1-2H3,(H,27,28)/t10-/m0/s1. The van der Waals surface area contributed by atoms with Crippen LogP contribution in [0.4, 0.5) is 13.2 Å². The lowest BCUT2D eigenvalue weighted by atomic mass is 9.98. The molecule has 0 saturated heterocycles. The molecule has 152 valence electrons. The highest BCUT2D eigenvalue weighted by Crippen LogP contribution is 2.35. The van der Waals surface area contributed by atoms with E-state index in [2.05, 4.69) is 4.74 Å². The topological polar surface area (TPSA) is 88.8 Å². The number of hydrogen-bond acceptors (Lipinski definition) is 4. The fourth-order valence-corrected chi connectivity index (χ4v) is 3.29. The van der Waals surface area contributed by atoms with Gasteiger partial charge in [0.25, 0.3) is 5.91 Å². The maximum absolute atomic E-state index is 13.1. The van der Waals surface area contributed by atoms with Crippen LogP contribution in [-0.2, 0) is 4.79 Å². The number of carboxylic acid groups (broad SMARTS) is 1. The lowest BCUT2D eigenvalue weighted by Gasteiger charge is -2.11. The van der Waals surface area contributed by atoms with Gasteiger partial charge in [-0.25, -0.2) is 0 Å². The predicted octanol–water partition coefficient (Wildman–Crippen LogP) is 4.43. The first-order chi connectivity index (χ1) is 13.5. The number of phenols is 1. The smallest absolute Gasteiger partial charge is 0.508 e. The van der Waals surface area contributed by atoms with Gasteiger partial charge in [0.05, 0.1) is 11.4 Å². The van der Waals surface area contributed by atoms with Crippen molar-refractivity contribution in [3.8, 4) is 11.5 Å². The Morgan fingerprint density at radius 3 is 2.28 bits per heavy atom. The molecular formula is C20H16F3NO5. The molecule has 1 heterocycles. The molecule has 0 aliphatic rings. The number of fused-ring (bicyclic) bond motifs is 1. The third kappa shape index (κ3) is 3.89. The molecule has 0 spiro atoms. The number of benzene rings is 2. The molecule has 3 rings (SSSR count). The molecule has 0 saturated carbocycles. The van der Waals surface area contributed by atoms with Crippen LogP contribution in [0.2, 0.25) is 0 Å². The van der Waals surface area contributed by atoms with Gasteiger partial charge >= 0.3 is 12.3 Å². The number of hydrogen-bond donors (Lipinski definition) is 2. The first kappa shape index (κ1) is 20.2. The van der Waals surface area contributed by atoms with E-state index < -0.39 is 29.9 Å². The second-order valence-corrected chi connectivity index (χ2v) is 6.47. The van der Waals surface area contributed by atoms with Crippen molar-refractivity contribution in [2.24, 2.45) is 0 Å². The molecule has 0 unspecified atom stereocenters. The van der Waals surface area contributed by atoms with Crippen LogP contribution in [-0.4, -0.2) is 33.0 Å². The minimum atomic E-state index is -4.84. The monoisotopic (exact) mass is 407 g/mol. The zero-order valence-corrected chi connectivity index (χ0v) is 15.3. The van der Waals surface area contributed by atoms with Gasteiger partial charge in [0.2, 0.25) is 0 Å². The first-order valence-corrected chi connectivity index (χ1v) is 8.47. The maximum atomic E-state index is 13.1. The largest absolute Gasteiger partial charge is 0.573 e. The van der Waals surface area contributed by atoms with E-state index in [0.717, 1.165) is 12.1 Å². The van der Waals surface area contributed by atoms with Crippen molar-refractivity contribution in [2.75, 3.05) is 0 Å². The summed E-state index contributed by atoms with van der Waals surface area (Å²) < 4.78 is 42.0. The zero-order chi connectivity index (χ0) is 21.5. The van der Waals surface area contributed by atoms with E-state index in [1.54, 1.807) is 6.92 Å². The molecule has 2 aromatic carbocycles. The number of alkyl halides is 3. The summed E-state index contributed by atoms with van der Waals surface area (Å²) in [6.07, 6.45) is -4.84. The Labute approximate surface area is 162 Å². The van der Waals surface area contributed by atoms with Crippen molar-refractivity contribution >= 4 is 22.8 Å². The molecule has 0 aliphatic heterocycles. The number of aliphatic carboxylic acids is 1. The lowest BCUT2D eigenvalue weighted by molar-refractivity contribution is -0.274. The quantitative estimate of drug-likeness (QED) is 0.668. The number of aromatic nitrogens is 1. The number of halogens is 3. The van der Waals surface area contributed by atoms with Crippen molar-refractivity contribution < 1.29 is 37.7 Å². The second-order valence-electron chi connectivity index (χ2n) is 6.47. The van der Waals surface area contributed by atoms with Gasteiger partial charge in [-0.1, -0.05) is 0 Å². The van der Waals surface area contributed by atoms with Crippen LogP contribution in [0.5, 0.6) is 11.5 Å². The van der Waals surface area contributed by atoms with Crippen LogP contribution in [0.1, 0.15) is 34.5 Å². The van der Waals surface area contributed by atoms with E-state index in [9.17, 15) is 33.0 Å². The molecule has 3 aromatic rings. The summed E-state index contributed by atoms with van der Waals surface area (Å²) >= 11 is 0. The first-order valence-electron chi connectivity index (χ1n) is 8.47. The number of nitrogens with zero attached hydrogens (tertiary/aromatic N) is 1. The number of ether oxygens (including phenoxy) is 1. The summed E-state index contributed by atoms with van der Waals surface area (Å²) in [5, 5.41) is 19.6. The fraction of sp³-hybridized carbons (Fsp3) is 0.200. The van der Waals surface area contributed by atoms with Gasteiger partial charge < -0.3 is 14.9 Å². The minimum absolute atomic E-state index is 0.0853. The summed E-state index contributed by atoms with van der Waals surface area (Å²) in [5.74, 6) is -3.16. The number of carbonyl (C=O) groups is 2. The average Bonchev–Trinajstić information content (AvgIpc) is 2.90. The minimum Gasteiger partial charge on any atom is -0.508 e. The van der Waals surface area contributed by atoms with E-state index in [1.165, 1.54) is 41.8 Å². The Morgan fingerprint density at radius 1 is 1.10 bits per heavy atom. The van der Waals surface area contributed by atoms with Crippen LogP contribution in [0.15, 0.2) is 42.5 Å². The predicted molar refractivity (Wildman–Crippen MR) is 97.2 cm³/mol. The summed E-state index contributed by atoms with van der Waals surface area (Å²) in [5.41, 5.74) is 1.20. The molecule has 1 atom stereocenters.